The van der Waals surface area contributed by atoms with Crippen LogP contribution in [0.3, 0.4) is 0 Å². The summed E-state index contributed by atoms with van der Waals surface area (Å²) in [5, 5.41) is 13.0. The van der Waals surface area contributed by atoms with Crippen LogP contribution in [0.25, 0.3) is 0 Å². The number of ether oxygens (including phenoxy) is 1. The van der Waals surface area contributed by atoms with Gasteiger partial charge < -0.3 is 20.5 Å². The number of hydrogen-bond donors (Lipinski definition) is 2. The van der Waals surface area contributed by atoms with Gasteiger partial charge in [-0.2, -0.15) is 5.10 Å². The van der Waals surface area contributed by atoms with Crippen LogP contribution in [0.2, 0.25) is 0 Å². The lowest BCUT2D eigenvalue weighted by Gasteiger charge is -2.26. The van der Waals surface area contributed by atoms with Crippen LogP contribution in [0.5, 0.6) is 0 Å². The van der Waals surface area contributed by atoms with Crippen molar-refractivity contribution in [2.75, 3.05) is 19.7 Å². The minimum Gasteiger partial charge on any atom is -0.444 e. The maximum atomic E-state index is 12.0. The Labute approximate surface area is 123 Å². The van der Waals surface area contributed by atoms with Gasteiger partial charge in [0.2, 0.25) is 0 Å². The Bertz CT molecular complexity index is 493. The second kappa shape index (κ2) is 7.07. The van der Waals surface area contributed by atoms with Crippen molar-refractivity contribution in [1.82, 2.24) is 14.7 Å². The van der Waals surface area contributed by atoms with Gasteiger partial charge in [-0.15, -0.1) is 0 Å². The largest absolute Gasteiger partial charge is 0.444 e. The molecule has 0 aromatic carbocycles. The lowest BCUT2D eigenvalue weighted by Crippen LogP contribution is -2.40. The van der Waals surface area contributed by atoms with Crippen molar-refractivity contribution in [1.29, 1.82) is 0 Å². The number of carbonyl (C=O) groups is 2. The van der Waals surface area contributed by atoms with E-state index in [9.17, 15) is 9.59 Å². The second-order valence-corrected chi connectivity index (χ2v) is 5.52. The lowest BCUT2D eigenvalue weighted by molar-refractivity contribution is 0.0210. The zero-order valence-corrected chi connectivity index (χ0v) is 12.6. The molecule has 21 heavy (non-hydrogen) atoms. The number of nitrogens with zero attached hydrogens (tertiary/aromatic N) is 3. The summed E-state index contributed by atoms with van der Waals surface area (Å²) >= 11 is 0. The van der Waals surface area contributed by atoms with Crippen LogP contribution in [0.1, 0.15) is 31.3 Å². The molecular weight excluding hydrogens is 276 g/mol. The molecule has 0 atom stereocenters. The molecule has 1 heterocycles. The normalized spacial score (nSPS) is 11.2. The molecule has 8 heteroatoms. The molecule has 1 aromatic heterocycles. The topological polar surface area (TPSA) is 111 Å². The van der Waals surface area contributed by atoms with Gasteiger partial charge in [-0.25, -0.2) is 4.79 Å². The van der Waals surface area contributed by atoms with Gasteiger partial charge in [0.15, 0.2) is 0 Å². The molecule has 0 aliphatic rings. The Morgan fingerprint density at radius 3 is 2.57 bits per heavy atom. The summed E-state index contributed by atoms with van der Waals surface area (Å²) in [6.07, 6.45) is 1.10. The predicted octanol–water partition coefficient (Wildman–Crippen LogP) is 0.211. The van der Waals surface area contributed by atoms with Gasteiger partial charge in [-0.3, -0.25) is 9.48 Å². The van der Waals surface area contributed by atoms with E-state index in [4.69, 9.17) is 15.6 Å². The first-order valence-corrected chi connectivity index (χ1v) is 6.65. The molecule has 0 saturated carbocycles. The smallest absolute Gasteiger partial charge is 0.410 e. The minimum atomic E-state index is -0.604. The van der Waals surface area contributed by atoms with Crippen molar-refractivity contribution >= 4 is 12.0 Å². The fourth-order valence-corrected chi connectivity index (χ4v) is 1.58. The maximum absolute atomic E-state index is 12.0. The molecule has 3 N–H and O–H groups in total. The van der Waals surface area contributed by atoms with Crippen molar-refractivity contribution in [3.63, 3.8) is 0 Å². The molecule has 0 aliphatic carbocycles. The standard InChI is InChI=1S/C13H22N4O4/c1-13(2,3)21-12(20)16(8-9-18)6-7-17-5-4-10(15-17)11(14)19/h4-5,18H,6-9H2,1-3H3,(H2,14,19). The third kappa shape index (κ3) is 5.82. The van der Waals surface area contributed by atoms with Crippen LogP contribution in [-0.4, -0.2) is 57.1 Å². The highest BCUT2D eigenvalue weighted by atomic mass is 16.6. The Morgan fingerprint density at radius 1 is 1.43 bits per heavy atom. The summed E-state index contributed by atoms with van der Waals surface area (Å²) in [6.45, 7) is 5.99. The zero-order valence-electron chi connectivity index (χ0n) is 12.6. The zero-order chi connectivity index (χ0) is 16.0. The van der Waals surface area contributed by atoms with Crippen molar-refractivity contribution in [2.24, 2.45) is 5.73 Å². The molecule has 1 aromatic rings. The number of aliphatic hydroxyl groups is 1. The van der Waals surface area contributed by atoms with Gasteiger partial charge in [0, 0.05) is 19.3 Å². The Morgan fingerprint density at radius 2 is 2.10 bits per heavy atom. The summed E-state index contributed by atoms with van der Waals surface area (Å²) in [5.41, 5.74) is 4.68. The fraction of sp³-hybridized carbons (Fsp3) is 0.615. The van der Waals surface area contributed by atoms with Crippen LogP contribution in [-0.2, 0) is 11.3 Å². The van der Waals surface area contributed by atoms with Crippen LogP contribution >= 0.6 is 0 Å². The third-order valence-electron chi connectivity index (χ3n) is 2.51. The van der Waals surface area contributed by atoms with Crippen molar-refractivity contribution in [2.45, 2.75) is 32.9 Å². The van der Waals surface area contributed by atoms with Crippen LogP contribution in [0.15, 0.2) is 12.3 Å². The average molecular weight is 298 g/mol. The summed E-state index contributed by atoms with van der Waals surface area (Å²) in [5.74, 6) is -0.604. The number of hydrogen-bond acceptors (Lipinski definition) is 5. The maximum Gasteiger partial charge on any atom is 0.410 e. The SMILES string of the molecule is CC(C)(C)OC(=O)N(CCO)CCn1ccc(C(N)=O)n1. The van der Waals surface area contributed by atoms with E-state index in [1.54, 1.807) is 27.0 Å². The van der Waals surface area contributed by atoms with E-state index in [0.29, 0.717) is 13.1 Å². The molecule has 2 amide bonds. The lowest BCUT2D eigenvalue weighted by atomic mass is 10.2. The van der Waals surface area contributed by atoms with Gasteiger partial charge in [0.1, 0.15) is 11.3 Å². The van der Waals surface area contributed by atoms with Crippen LogP contribution in [0, 0.1) is 0 Å². The van der Waals surface area contributed by atoms with Crippen molar-refractivity contribution < 1.29 is 19.4 Å². The van der Waals surface area contributed by atoms with Gasteiger partial charge >= 0.3 is 6.09 Å². The predicted molar refractivity (Wildman–Crippen MR) is 75.6 cm³/mol. The molecule has 0 unspecified atom stereocenters. The number of aromatic nitrogens is 2. The molecule has 118 valence electrons. The number of carbonyl (C=O) groups excluding carboxylic acids is 2. The Balaban J connectivity index is 2.61. The fourth-order valence-electron chi connectivity index (χ4n) is 1.58. The molecule has 0 fully saturated rings. The Hall–Kier alpha value is -2.09. The number of nitrogens with two attached hydrogens (primary N) is 1. The monoisotopic (exact) mass is 298 g/mol. The first kappa shape index (κ1) is 17.0. The quantitative estimate of drug-likeness (QED) is 0.780. The number of amides is 2. The molecule has 0 spiro atoms. The molecule has 0 bridgehead atoms. The van der Waals surface area contributed by atoms with Crippen molar-refractivity contribution in [3.05, 3.63) is 18.0 Å². The number of rotatable bonds is 6. The van der Waals surface area contributed by atoms with E-state index in [-0.39, 0.29) is 18.8 Å². The van der Waals surface area contributed by atoms with E-state index in [2.05, 4.69) is 5.10 Å². The molecule has 0 radical (unpaired) electrons. The molecule has 8 nitrogen and oxygen atoms in total. The van der Waals surface area contributed by atoms with Gasteiger partial charge in [0.05, 0.1) is 13.2 Å². The van der Waals surface area contributed by atoms with Gasteiger partial charge in [-0.05, 0) is 26.8 Å². The molecular formula is C13H22N4O4. The van der Waals surface area contributed by atoms with Crippen molar-refractivity contribution in [3.8, 4) is 0 Å². The highest BCUT2D eigenvalue weighted by Gasteiger charge is 2.21. The first-order chi connectivity index (χ1) is 9.73. The van der Waals surface area contributed by atoms with E-state index >= 15 is 0 Å². The van der Waals surface area contributed by atoms with E-state index in [1.165, 1.54) is 15.6 Å². The Kier molecular flexibility index (Phi) is 5.71. The van der Waals surface area contributed by atoms with E-state index in [0.717, 1.165) is 0 Å². The summed E-state index contributed by atoms with van der Waals surface area (Å²) in [4.78, 5) is 24.3. The highest BCUT2D eigenvalue weighted by molar-refractivity contribution is 5.90. The second-order valence-electron chi connectivity index (χ2n) is 5.52. The minimum absolute atomic E-state index is 0.162. The van der Waals surface area contributed by atoms with Gasteiger partial charge in [0.25, 0.3) is 5.91 Å². The third-order valence-corrected chi connectivity index (χ3v) is 2.51. The van der Waals surface area contributed by atoms with Crippen LogP contribution < -0.4 is 5.73 Å². The molecule has 1 rings (SSSR count). The first-order valence-electron chi connectivity index (χ1n) is 6.65. The summed E-state index contributed by atoms with van der Waals surface area (Å²) in [7, 11) is 0. The molecule has 0 aliphatic heterocycles. The highest BCUT2D eigenvalue weighted by Crippen LogP contribution is 2.10. The summed E-state index contributed by atoms with van der Waals surface area (Å²) < 4.78 is 6.77. The summed E-state index contributed by atoms with van der Waals surface area (Å²) in [6, 6.07) is 1.51. The number of primary amides is 1. The van der Waals surface area contributed by atoms with Gasteiger partial charge in [-0.1, -0.05) is 0 Å². The van der Waals surface area contributed by atoms with E-state index in [1.807, 2.05) is 0 Å². The van der Waals surface area contributed by atoms with Crippen LogP contribution in [0.4, 0.5) is 4.79 Å². The number of aliphatic hydroxyl groups excluding tert-OH is 1. The molecule has 0 saturated heterocycles. The van der Waals surface area contributed by atoms with E-state index < -0.39 is 17.6 Å². The average Bonchev–Trinajstić information content (AvgIpc) is 2.81.